The molecule has 2 heterocycles. The van der Waals surface area contributed by atoms with E-state index in [1.165, 1.54) is 0 Å². The molecule has 0 aromatic heterocycles. The number of fused-ring (bicyclic) bond motifs is 1. The number of aliphatic hydroxyl groups excluding tert-OH is 1. The van der Waals surface area contributed by atoms with Crippen LogP contribution in [0.3, 0.4) is 0 Å². The second kappa shape index (κ2) is 9.65. The number of hydrogen-bond donors (Lipinski definition) is 2. The van der Waals surface area contributed by atoms with Crippen molar-refractivity contribution in [1.82, 2.24) is 4.90 Å². The predicted molar refractivity (Wildman–Crippen MR) is 121 cm³/mol. The van der Waals surface area contributed by atoms with Crippen LogP contribution in [0, 0.1) is 6.92 Å². The standard InChI is InChI=1S/C23H26ClNO5.ClH/c1-15-2-4-21(19(10-15)22(27)28)29-14-18(26)13-25-8-6-23(7-9-25)12-16-11-17(24)3-5-20(16)30-23;/h2-5,10-11,18,26H,6-9,12-14H2,1H3,(H,27,28);1H/t18-;/m1./s1. The molecule has 0 bridgehead atoms. The van der Waals surface area contributed by atoms with Gasteiger partial charge in [-0.1, -0.05) is 23.2 Å². The lowest BCUT2D eigenvalue weighted by molar-refractivity contribution is -0.00202. The Kier molecular flexibility index (Phi) is 7.37. The van der Waals surface area contributed by atoms with Crippen molar-refractivity contribution >= 4 is 30.0 Å². The highest BCUT2D eigenvalue weighted by molar-refractivity contribution is 6.30. The second-order valence-electron chi connectivity index (χ2n) is 8.28. The van der Waals surface area contributed by atoms with Gasteiger partial charge in [-0.3, -0.25) is 0 Å². The monoisotopic (exact) mass is 467 g/mol. The highest BCUT2D eigenvalue weighted by Crippen LogP contribution is 2.41. The van der Waals surface area contributed by atoms with E-state index < -0.39 is 12.1 Å². The minimum Gasteiger partial charge on any atom is -0.490 e. The number of benzene rings is 2. The number of aliphatic hydroxyl groups is 1. The van der Waals surface area contributed by atoms with E-state index >= 15 is 0 Å². The van der Waals surface area contributed by atoms with Crippen LogP contribution >= 0.6 is 24.0 Å². The van der Waals surface area contributed by atoms with Gasteiger partial charge in [-0.05, 0) is 42.8 Å². The molecule has 2 aliphatic rings. The predicted octanol–water partition coefficient (Wildman–Crippen LogP) is 3.98. The Hall–Kier alpha value is -1.99. The third-order valence-electron chi connectivity index (χ3n) is 5.89. The normalized spacial score (nSPS) is 18.0. The fourth-order valence-electron chi connectivity index (χ4n) is 4.30. The molecule has 0 saturated carbocycles. The first kappa shape index (κ1) is 23.7. The van der Waals surface area contributed by atoms with Gasteiger partial charge in [-0.2, -0.15) is 0 Å². The van der Waals surface area contributed by atoms with E-state index in [1.54, 1.807) is 18.2 Å². The topological polar surface area (TPSA) is 79.2 Å². The van der Waals surface area contributed by atoms with Crippen LogP contribution < -0.4 is 9.47 Å². The number of ether oxygens (including phenoxy) is 2. The van der Waals surface area contributed by atoms with Crippen LogP contribution in [0.5, 0.6) is 11.5 Å². The van der Waals surface area contributed by atoms with Crippen LogP contribution in [-0.2, 0) is 6.42 Å². The maximum absolute atomic E-state index is 11.4. The minimum absolute atomic E-state index is 0. The average molecular weight is 468 g/mol. The zero-order valence-corrected chi connectivity index (χ0v) is 18.9. The molecule has 2 aliphatic heterocycles. The number of halogens is 2. The van der Waals surface area contributed by atoms with E-state index in [2.05, 4.69) is 4.90 Å². The van der Waals surface area contributed by atoms with E-state index in [-0.39, 0.29) is 35.9 Å². The maximum atomic E-state index is 11.4. The number of nitrogens with zero attached hydrogens (tertiary/aromatic N) is 1. The van der Waals surface area contributed by atoms with Gasteiger partial charge >= 0.3 is 5.97 Å². The van der Waals surface area contributed by atoms with Crippen LogP contribution in [0.25, 0.3) is 0 Å². The molecule has 0 amide bonds. The summed E-state index contributed by atoms with van der Waals surface area (Å²) in [5, 5.41) is 20.5. The van der Waals surface area contributed by atoms with Crippen molar-refractivity contribution in [2.24, 2.45) is 0 Å². The fourth-order valence-corrected chi connectivity index (χ4v) is 4.49. The van der Waals surface area contributed by atoms with Crippen molar-refractivity contribution in [2.45, 2.75) is 37.9 Å². The Bertz CT molecular complexity index is 944. The Morgan fingerprint density at radius 1 is 1.26 bits per heavy atom. The van der Waals surface area contributed by atoms with Gasteiger partial charge in [0, 0.05) is 43.9 Å². The summed E-state index contributed by atoms with van der Waals surface area (Å²) in [6.07, 6.45) is 1.93. The lowest BCUT2D eigenvalue weighted by atomic mass is 9.87. The number of aryl methyl sites for hydroxylation is 1. The van der Waals surface area contributed by atoms with Gasteiger partial charge in [0.1, 0.15) is 35.4 Å². The molecule has 2 aromatic rings. The number of carboxylic acids is 1. The summed E-state index contributed by atoms with van der Waals surface area (Å²) in [5.41, 5.74) is 1.95. The summed E-state index contributed by atoms with van der Waals surface area (Å²) in [5.74, 6) is 0.164. The first-order chi connectivity index (χ1) is 14.3. The first-order valence-corrected chi connectivity index (χ1v) is 10.6. The molecule has 8 heteroatoms. The number of aromatic carboxylic acids is 1. The van der Waals surface area contributed by atoms with Gasteiger partial charge < -0.3 is 24.6 Å². The molecule has 1 spiro atoms. The maximum Gasteiger partial charge on any atom is 0.339 e. The molecule has 0 unspecified atom stereocenters. The van der Waals surface area contributed by atoms with Crippen molar-refractivity contribution in [2.75, 3.05) is 26.2 Å². The van der Waals surface area contributed by atoms with Crippen LogP contribution in [0.15, 0.2) is 36.4 Å². The van der Waals surface area contributed by atoms with Crippen molar-refractivity contribution in [1.29, 1.82) is 0 Å². The van der Waals surface area contributed by atoms with Crippen LogP contribution in [0.1, 0.15) is 34.3 Å². The molecule has 1 fully saturated rings. The molecule has 0 radical (unpaired) electrons. The number of rotatable bonds is 6. The zero-order chi connectivity index (χ0) is 21.3. The largest absolute Gasteiger partial charge is 0.490 e. The zero-order valence-electron chi connectivity index (χ0n) is 17.3. The Balaban J connectivity index is 0.00000272. The van der Waals surface area contributed by atoms with Gasteiger partial charge in [-0.25, -0.2) is 4.79 Å². The number of piperidine rings is 1. The van der Waals surface area contributed by atoms with E-state index in [1.807, 2.05) is 25.1 Å². The lowest BCUT2D eigenvalue weighted by Crippen LogP contribution is -2.49. The summed E-state index contributed by atoms with van der Waals surface area (Å²) >= 11 is 6.10. The minimum atomic E-state index is -1.04. The number of carbonyl (C=O) groups is 1. The van der Waals surface area contributed by atoms with Gasteiger partial charge in [0.05, 0.1) is 0 Å². The molecule has 1 saturated heterocycles. The highest BCUT2D eigenvalue weighted by Gasteiger charge is 2.42. The molecule has 2 aromatic carbocycles. The Morgan fingerprint density at radius 3 is 2.71 bits per heavy atom. The van der Waals surface area contributed by atoms with E-state index in [9.17, 15) is 15.0 Å². The summed E-state index contributed by atoms with van der Waals surface area (Å²) in [7, 11) is 0. The second-order valence-corrected chi connectivity index (χ2v) is 8.72. The number of likely N-dealkylation sites (tertiary alicyclic amines) is 1. The Labute approximate surface area is 193 Å². The molecular formula is C23H27Cl2NO5. The molecule has 4 rings (SSSR count). The first-order valence-electron chi connectivity index (χ1n) is 10.2. The highest BCUT2D eigenvalue weighted by atomic mass is 35.5. The fraction of sp³-hybridized carbons (Fsp3) is 0.435. The van der Waals surface area contributed by atoms with Crippen molar-refractivity contribution in [3.8, 4) is 11.5 Å². The number of β-amino-alcohol motifs (C(OH)–C–C–N with tert-alkyl or cyclic N) is 1. The molecule has 1 atom stereocenters. The number of hydrogen-bond acceptors (Lipinski definition) is 5. The van der Waals surface area contributed by atoms with E-state index in [0.29, 0.717) is 6.54 Å². The third-order valence-corrected chi connectivity index (χ3v) is 6.13. The van der Waals surface area contributed by atoms with Gasteiger partial charge in [0.2, 0.25) is 0 Å². The summed E-state index contributed by atoms with van der Waals surface area (Å²) in [4.78, 5) is 13.6. The lowest BCUT2D eigenvalue weighted by Gasteiger charge is -2.39. The van der Waals surface area contributed by atoms with E-state index in [4.69, 9.17) is 21.1 Å². The van der Waals surface area contributed by atoms with Crippen LogP contribution in [-0.4, -0.2) is 59.0 Å². The summed E-state index contributed by atoms with van der Waals surface area (Å²) < 4.78 is 11.9. The van der Waals surface area contributed by atoms with Gasteiger partial charge in [0.25, 0.3) is 0 Å². The van der Waals surface area contributed by atoms with Crippen molar-refractivity contribution in [3.63, 3.8) is 0 Å². The van der Waals surface area contributed by atoms with Crippen molar-refractivity contribution in [3.05, 3.63) is 58.1 Å². The molecule has 0 aliphatic carbocycles. The molecular weight excluding hydrogens is 441 g/mol. The quantitative estimate of drug-likeness (QED) is 0.668. The van der Waals surface area contributed by atoms with Crippen LogP contribution in [0.4, 0.5) is 0 Å². The van der Waals surface area contributed by atoms with Crippen LogP contribution in [0.2, 0.25) is 5.02 Å². The number of carboxylic acid groups (broad SMARTS) is 1. The summed E-state index contributed by atoms with van der Waals surface area (Å²) in [6, 6.07) is 10.8. The van der Waals surface area contributed by atoms with Crippen molar-refractivity contribution < 1.29 is 24.5 Å². The smallest absolute Gasteiger partial charge is 0.339 e. The third kappa shape index (κ3) is 5.44. The van der Waals surface area contributed by atoms with Gasteiger partial charge in [-0.15, -0.1) is 12.4 Å². The summed E-state index contributed by atoms with van der Waals surface area (Å²) in [6.45, 7) is 4.00. The van der Waals surface area contributed by atoms with E-state index in [0.717, 1.165) is 54.3 Å². The van der Waals surface area contributed by atoms with Gasteiger partial charge in [0.15, 0.2) is 0 Å². The molecule has 6 nitrogen and oxygen atoms in total. The molecule has 168 valence electrons. The Morgan fingerprint density at radius 2 is 2.00 bits per heavy atom. The molecule has 2 N–H and O–H groups in total. The molecule has 31 heavy (non-hydrogen) atoms. The average Bonchev–Trinajstić information content (AvgIpc) is 3.05. The SMILES string of the molecule is Cc1ccc(OC[C@H](O)CN2CCC3(CC2)Cc2cc(Cl)ccc2O3)c(C(=O)O)c1.Cl.